The Balaban J connectivity index is 2.49. The van der Waals surface area contributed by atoms with E-state index in [4.69, 9.17) is 4.52 Å². The van der Waals surface area contributed by atoms with Gasteiger partial charge < -0.3 is 0 Å². The molecule has 0 radical (unpaired) electrons. The lowest BCUT2D eigenvalue weighted by Gasteiger charge is -2.18. The zero-order valence-corrected chi connectivity index (χ0v) is 12.9. The van der Waals surface area contributed by atoms with Crippen molar-refractivity contribution >= 4 is 25.7 Å². The second kappa shape index (κ2) is 5.83. The Hall–Kier alpha value is -0.900. The SMILES string of the molecule is CP(C)(C)=NP(c1ccccc1)c1ccccc1. The van der Waals surface area contributed by atoms with Crippen LogP contribution in [0.25, 0.3) is 0 Å². The first-order valence-electron chi connectivity index (χ1n) is 6.01. The molecule has 94 valence electrons. The van der Waals surface area contributed by atoms with Crippen LogP contribution in [-0.4, -0.2) is 20.0 Å². The standard InChI is InChI=1S/C15H19NP2/c1-18(2,3)16-17(14-10-6-4-7-11-14)15-12-8-5-9-13-15/h4-13H,1-3H3. The second-order valence-electron chi connectivity index (χ2n) is 5.01. The molecule has 2 aromatic rings. The summed E-state index contributed by atoms with van der Waals surface area (Å²) in [6.07, 6.45) is 0. The van der Waals surface area contributed by atoms with Crippen molar-refractivity contribution in [2.24, 2.45) is 4.52 Å². The molecule has 2 aromatic carbocycles. The molecule has 0 aromatic heterocycles. The molecule has 0 aliphatic carbocycles. The van der Waals surface area contributed by atoms with E-state index in [0.717, 1.165) is 0 Å². The largest absolute Gasteiger partial charge is 0.271 e. The summed E-state index contributed by atoms with van der Waals surface area (Å²) in [7, 11) is -1.71. The Kier molecular flexibility index (Phi) is 4.38. The minimum atomic E-state index is -1.15. The highest BCUT2D eigenvalue weighted by molar-refractivity contribution is 7.79. The Morgan fingerprint density at radius 2 is 1.11 bits per heavy atom. The monoisotopic (exact) mass is 275 g/mol. The molecule has 0 fully saturated rings. The van der Waals surface area contributed by atoms with Crippen molar-refractivity contribution in [3.63, 3.8) is 0 Å². The maximum absolute atomic E-state index is 5.13. The number of benzene rings is 2. The van der Waals surface area contributed by atoms with Crippen molar-refractivity contribution in [1.29, 1.82) is 0 Å². The molecule has 0 spiro atoms. The molecule has 0 aliphatic rings. The number of hydrogen-bond acceptors (Lipinski definition) is 1. The number of hydrogen-bond donors (Lipinski definition) is 0. The van der Waals surface area contributed by atoms with Gasteiger partial charge in [0.15, 0.2) is 0 Å². The van der Waals surface area contributed by atoms with Crippen molar-refractivity contribution in [3.8, 4) is 0 Å². The smallest absolute Gasteiger partial charge is 0.0762 e. The van der Waals surface area contributed by atoms with E-state index in [0.29, 0.717) is 0 Å². The fourth-order valence-corrected chi connectivity index (χ4v) is 5.84. The maximum Gasteiger partial charge on any atom is 0.0762 e. The third-order valence-electron chi connectivity index (χ3n) is 2.36. The van der Waals surface area contributed by atoms with E-state index in [9.17, 15) is 0 Å². The van der Waals surface area contributed by atoms with Crippen molar-refractivity contribution in [3.05, 3.63) is 60.7 Å². The Bertz CT molecular complexity index is 495. The molecule has 2 rings (SSSR count). The summed E-state index contributed by atoms with van der Waals surface area (Å²) < 4.78 is 5.13. The first kappa shape index (κ1) is 13.5. The van der Waals surface area contributed by atoms with E-state index < -0.39 is 15.1 Å². The van der Waals surface area contributed by atoms with Crippen LogP contribution in [0.4, 0.5) is 0 Å². The normalized spacial score (nSPS) is 11.6. The second-order valence-corrected chi connectivity index (χ2v) is 11.3. The Morgan fingerprint density at radius 1 is 0.722 bits per heavy atom. The first-order chi connectivity index (χ1) is 8.56. The van der Waals surface area contributed by atoms with Crippen LogP contribution in [0.2, 0.25) is 0 Å². The minimum Gasteiger partial charge on any atom is -0.271 e. The fourth-order valence-electron chi connectivity index (χ4n) is 1.66. The van der Waals surface area contributed by atoms with Gasteiger partial charge in [-0.2, -0.15) is 0 Å². The third-order valence-corrected chi connectivity index (χ3v) is 6.80. The molecule has 0 bridgehead atoms. The lowest BCUT2D eigenvalue weighted by molar-refractivity contribution is 1.73. The van der Waals surface area contributed by atoms with Gasteiger partial charge in [0.25, 0.3) is 0 Å². The first-order valence-corrected chi connectivity index (χ1v) is 10.4. The summed E-state index contributed by atoms with van der Waals surface area (Å²) in [6, 6.07) is 21.3. The van der Waals surface area contributed by atoms with Gasteiger partial charge >= 0.3 is 0 Å². The zero-order valence-electron chi connectivity index (χ0n) is 11.1. The quantitative estimate of drug-likeness (QED) is 0.747. The summed E-state index contributed by atoms with van der Waals surface area (Å²) in [6.45, 7) is 6.82. The van der Waals surface area contributed by atoms with Crippen LogP contribution >= 0.6 is 15.1 Å². The molecule has 0 unspecified atom stereocenters. The van der Waals surface area contributed by atoms with Crippen LogP contribution in [0, 0.1) is 0 Å². The van der Waals surface area contributed by atoms with E-state index in [2.05, 4.69) is 80.7 Å². The van der Waals surface area contributed by atoms with Crippen molar-refractivity contribution in [2.45, 2.75) is 0 Å². The molecule has 0 saturated carbocycles. The maximum atomic E-state index is 5.13. The topological polar surface area (TPSA) is 12.4 Å². The molecular formula is C15H19NP2. The van der Waals surface area contributed by atoms with E-state index >= 15 is 0 Å². The van der Waals surface area contributed by atoms with Gasteiger partial charge in [0, 0.05) is 10.6 Å². The molecule has 0 amide bonds. The van der Waals surface area contributed by atoms with E-state index in [1.165, 1.54) is 10.6 Å². The predicted molar refractivity (Wildman–Crippen MR) is 86.2 cm³/mol. The van der Waals surface area contributed by atoms with Gasteiger partial charge in [-0.1, -0.05) is 60.7 Å². The minimum absolute atomic E-state index is 0.565. The van der Waals surface area contributed by atoms with Crippen molar-refractivity contribution < 1.29 is 0 Å². The van der Waals surface area contributed by atoms with Gasteiger partial charge in [-0.25, -0.2) is 0 Å². The lowest BCUT2D eigenvalue weighted by Crippen LogP contribution is -2.09. The van der Waals surface area contributed by atoms with Crippen LogP contribution in [0.5, 0.6) is 0 Å². The molecule has 0 heterocycles. The molecule has 18 heavy (non-hydrogen) atoms. The highest BCUT2D eigenvalue weighted by Gasteiger charge is 2.13. The number of rotatable bonds is 3. The van der Waals surface area contributed by atoms with Gasteiger partial charge in [-0.3, -0.25) is 4.52 Å². The average molecular weight is 275 g/mol. The number of nitrogens with zero attached hydrogens (tertiary/aromatic N) is 1. The Morgan fingerprint density at radius 3 is 1.44 bits per heavy atom. The summed E-state index contributed by atoms with van der Waals surface area (Å²) in [4.78, 5) is 0. The summed E-state index contributed by atoms with van der Waals surface area (Å²) in [5.41, 5.74) is 0. The van der Waals surface area contributed by atoms with Gasteiger partial charge in [-0.15, -0.1) is 0 Å². The van der Waals surface area contributed by atoms with E-state index in [1.807, 2.05) is 0 Å². The molecule has 0 aliphatic heterocycles. The molecule has 1 nitrogen and oxygen atoms in total. The molecular weight excluding hydrogens is 256 g/mol. The van der Waals surface area contributed by atoms with Crippen LogP contribution in [0.15, 0.2) is 65.2 Å². The third kappa shape index (κ3) is 3.80. The van der Waals surface area contributed by atoms with E-state index in [1.54, 1.807) is 0 Å². The van der Waals surface area contributed by atoms with Gasteiger partial charge in [0.2, 0.25) is 0 Å². The van der Waals surface area contributed by atoms with E-state index in [-0.39, 0.29) is 0 Å². The fraction of sp³-hybridized carbons (Fsp3) is 0.200. The molecule has 0 saturated heterocycles. The van der Waals surface area contributed by atoms with Gasteiger partial charge in [0.1, 0.15) is 0 Å². The molecule has 3 heteroatoms. The zero-order chi connectivity index (χ0) is 13.0. The highest BCUT2D eigenvalue weighted by Crippen LogP contribution is 2.49. The van der Waals surface area contributed by atoms with Crippen LogP contribution in [-0.2, 0) is 0 Å². The molecule has 0 N–H and O–H groups in total. The summed E-state index contributed by atoms with van der Waals surface area (Å²) in [5, 5.41) is 2.68. The lowest BCUT2D eigenvalue weighted by atomic mass is 10.4. The Labute approximate surface area is 111 Å². The van der Waals surface area contributed by atoms with Crippen LogP contribution in [0.3, 0.4) is 0 Å². The summed E-state index contributed by atoms with van der Waals surface area (Å²) in [5.74, 6) is 0. The van der Waals surface area contributed by atoms with Crippen molar-refractivity contribution in [2.75, 3.05) is 20.0 Å². The highest BCUT2D eigenvalue weighted by atomic mass is 31.2. The predicted octanol–water partition coefficient (Wildman–Crippen LogP) is 4.12. The van der Waals surface area contributed by atoms with Crippen molar-refractivity contribution in [1.82, 2.24) is 0 Å². The van der Waals surface area contributed by atoms with Gasteiger partial charge in [-0.05, 0) is 27.0 Å². The van der Waals surface area contributed by atoms with Crippen LogP contribution in [0.1, 0.15) is 0 Å². The summed E-state index contributed by atoms with van der Waals surface area (Å²) >= 11 is 0. The molecule has 0 atom stereocenters. The van der Waals surface area contributed by atoms with Gasteiger partial charge in [0.05, 0.1) is 8.07 Å². The van der Waals surface area contributed by atoms with Crippen LogP contribution < -0.4 is 10.6 Å². The average Bonchev–Trinajstić information content (AvgIpc) is 2.37.